The van der Waals surface area contributed by atoms with Crippen LogP contribution in [0.3, 0.4) is 0 Å². The van der Waals surface area contributed by atoms with Crippen LogP contribution >= 0.6 is 23.0 Å². The number of halogens is 1. The fourth-order valence-electron chi connectivity index (χ4n) is 1.69. The van der Waals surface area contributed by atoms with Gasteiger partial charge in [-0.2, -0.15) is 0 Å². The predicted molar refractivity (Wildman–Crippen MR) is 64.4 cm³/mol. The van der Waals surface area contributed by atoms with E-state index in [0.717, 1.165) is 24.4 Å². The van der Waals surface area contributed by atoms with Crippen molar-refractivity contribution in [2.75, 3.05) is 7.11 Å². The number of benzene rings is 1. The fourth-order valence-corrected chi connectivity index (χ4v) is 2.10. The molecule has 0 spiro atoms. The highest BCUT2D eigenvalue weighted by molar-refractivity contribution is 14.1. The van der Waals surface area contributed by atoms with Crippen LogP contribution in [0, 0.1) is 0 Å². The molecule has 0 saturated heterocycles. The molecule has 0 saturated carbocycles. The van der Waals surface area contributed by atoms with Gasteiger partial charge in [-0.1, -0.05) is 0 Å². The molecule has 0 amide bonds. The van der Waals surface area contributed by atoms with Gasteiger partial charge in [0.1, 0.15) is 11.5 Å². The summed E-state index contributed by atoms with van der Waals surface area (Å²) in [5.41, 5.74) is 2.49. The molecule has 3 heteroatoms. The van der Waals surface area contributed by atoms with Crippen molar-refractivity contribution in [3.05, 3.63) is 35.4 Å². The molecule has 0 heterocycles. The summed E-state index contributed by atoms with van der Waals surface area (Å²) in [5.74, 6) is 1.88. The van der Waals surface area contributed by atoms with Crippen LogP contribution < -0.4 is 4.74 Å². The van der Waals surface area contributed by atoms with Gasteiger partial charge >= 0.3 is 0 Å². The molecule has 0 aliphatic heterocycles. The normalized spacial score (nSPS) is 14.3. The summed E-state index contributed by atoms with van der Waals surface area (Å²) in [4.78, 5) is 0. The van der Waals surface area contributed by atoms with Crippen molar-refractivity contribution in [1.82, 2.24) is 0 Å². The molecule has 2 nitrogen and oxygen atoms in total. The second-order valence-electron chi connectivity index (χ2n) is 3.21. The van der Waals surface area contributed by atoms with E-state index in [-0.39, 0.29) is 0 Å². The average molecular weight is 302 g/mol. The molecule has 1 aliphatic rings. The maximum absolute atomic E-state index is 5.28. The summed E-state index contributed by atoms with van der Waals surface area (Å²) in [7, 11) is 1.69. The van der Waals surface area contributed by atoms with Gasteiger partial charge in [0.15, 0.2) is 23.0 Å². The Labute approximate surface area is 97.6 Å². The Morgan fingerprint density at radius 2 is 2.21 bits per heavy atom. The highest BCUT2D eigenvalue weighted by Gasteiger charge is 2.13. The third-order valence-corrected chi connectivity index (χ3v) is 2.88. The Kier molecular flexibility index (Phi) is 2.96. The van der Waals surface area contributed by atoms with Crippen LogP contribution in [0.2, 0.25) is 0 Å². The average Bonchev–Trinajstić information content (AvgIpc) is 2.27. The lowest BCUT2D eigenvalue weighted by molar-refractivity contribution is 0.414. The fraction of sp³-hybridized carbons (Fsp3) is 0.273. The van der Waals surface area contributed by atoms with E-state index < -0.39 is 0 Å². The molecule has 0 atom stereocenters. The van der Waals surface area contributed by atoms with Gasteiger partial charge in [-0.3, -0.25) is 0 Å². The van der Waals surface area contributed by atoms with E-state index in [1.54, 1.807) is 7.11 Å². The summed E-state index contributed by atoms with van der Waals surface area (Å²) in [6.45, 7) is 0. The van der Waals surface area contributed by atoms with Crippen LogP contribution in [0.1, 0.15) is 17.5 Å². The van der Waals surface area contributed by atoms with E-state index in [2.05, 4.69) is 18.2 Å². The van der Waals surface area contributed by atoms with E-state index in [1.165, 1.54) is 11.1 Å². The largest absolute Gasteiger partial charge is 0.497 e. The van der Waals surface area contributed by atoms with Gasteiger partial charge in [-0.15, -0.1) is 0 Å². The molecule has 0 N–H and O–H groups in total. The molecular formula is C11H11IO2. The number of allylic oxidation sites excluding steroid dienone is 1. The first-order valence-electron chi connectivity index (χ1n) is 4.51. The van der Waals surface area contributed by atoms with Gasteiger partial charge in [0.05, 0.1) is 7.11 Å². The molecule has 1 aliphatic carbocycles. The Bertz CT molecular complexity index is 372. The van der Waals surface area contributed by atoms with Gasteiger partial charge in [-0.05, 0) is 42.7 Å². The van der Waals surface area contributed by atoms with E-state index in [4.69, 9.17) is 7.80 Å². The second-order valence-corrected chi connectivity index (χ2v) is 3.65. The van der Waals surface area contributed by atoms with Crippen LogP contribution in [-0.4, -0.2) is 7.11 Å². The molecule has 0 bridgehead atoms. The van der Waals surface area contributed by atoms with Gasteiger partial charge in [-0.25, -0.2) is 0 Å². The molecule has 1 aromatic carbocycles. The Morgan fingerprint density at radius 3 is 2.93 bits per heavy atom. The van der Waals surface area contributed by atoms with Crippen LogP contribution in [-0.2, 0) is 9.49 Å². The van der Waals surface area contributed by atoms with E-state index in [0.29, 0.717) is 0 Å². The minimum atomic E-state index is 0.915. The van der Waals surface area contributed by atoms with Crippen LogP contribution in [0.5, 0.6) is 5.75 Å². The first-order valence-corrected chi connectivity index (χ1v) is 5.39. The third-order valence-electron chi connectivity index (χ3n) is 2.40. The lowest BCUT2D eigenvalue weighted by Gasteiger charge is -2.16. The van der Waals surface area contributed by atoms with Crippen molar-refractivity contribution in [3.63, 3.8) is 0 Å². The molecule has 0 unspecified atom stereocenters. The molecule has 0 fully saturated rings. The second kappa shape index (κ2) is 4.21. The van der Waals surface area contributed by atoms with Crippen molar-refractivity contribution in [2.45, 2.75) is 12.8 Å². The lowest BCUT2D eigenvalue weighted by atomic mass is 9.96. The lowest BCUT2D eigenvalue weighted by Crippen LogP contribution is -2.00. The van der Waals surface area contributed by atoms with Crippen LogP contribution in [0.15, 0.2) is 24.3 Å². The zero-order valence-electron chi connectivity index (χ0n) is 7.92. The van der Waals surface area contributed by atoms with E-state index >= 15 is 0 Å². The summed E-state index contributed by atoms with van der Waals surface area (Å²) in [6, 6.07) is 6.10. The number of hydrogen-bond acceptors (Lipinski definition) is 2. The third kappa shape index (κ3) is 1.73. The van der Waals surface area contributed by atoms with Gasteiger partial charge in [0, 0.05) is 5.56 Å². The molecule has 14 heavy (non-hydrogen) atoms. The SMILES string of the molecule is COc1ccc2c(c1)CCC=C2OI. The first kappa shape index (κ1) is 9.83. The smallest absolute Gasteiger partial charge is 0.192 e. The molecule has 0 radical (unpaired) electrons. The van der Waals surface area contributed by atoms with Crippen molar-refractivity contribution in [1.29, 1.82) is 0 Å². The number of fused-ring (bicyclic) bond motifs is 1. The number of ether oxygens (including phenoxy) is 1. The van der Waals surface area contributed by atoms with Gasteiger partial charge in [0.25, 0.3) is 0 Å². The topological polar surface area (TPSA) is 18.5 Å². The number of aryl methyl sites for hydroxylation is 1. The zero-order chi connectivity index (χ0) is 9.97. The van der Waals surface area contributed by atoms with Crippen molar-refractivity contribution < 1.29 is 7.80 Å². The zero-order valence-corrected chi connectivity index (χ0v) is 10.1. The molecular weight excluding hydrogens is 291 g/mol. The molecule has 1 aromatic rings. The minimum Gasteiger partial charge on any atom is -0.497 e. The van der Waals surface area contributed by atoms with Crippen LogP contribution in [0.4, 0.5) is 0 Å². The summed E-state index contributed by atoms with van der Waals surface area (Å²) >= 11 is 1.92. The van der Waals surface area contributed by atoms with Gasteiger partial charge < -0.3 is 7.80 Å². The molecule has 0 aromatic heterocycles. The maximum atomic E-state index is 5.28. The van der Waals surface area contributed by atoms with Gasteiger partial charge in [0.2, 0.25) is 0 Å². The quantitative estimate of drug-likeness (QED) is 0.780. The first-order chi connectivity index (χ1) is 6.85. The Balaban J connectivity index is 2.43. The summed E-state index contributed by atoms with van der Waals surface area (Å²) in [5, 5.41) is 0. The van der Waals surface area contributed by atoms with Crippen molar-refractivity contribution >= 4 is 28.8 Å². The van der Waals surface area contributed by atoms with Crippen LogP contribution in [0.25, 0.3) is 5.76 Å². The summed E-state index contributed by atoms with van der Waals surface area (Å²) < 4.78 is 10.5. The molecule has 74 valence electrons. The molecule has 2 rings (SSSR count). The predicted octanol–water partition coefficient (Wildman–Crippen LogP) is 3.35. The highest BCUT2D eigenvalue weighted by atomic mass is 127. The van der Waals surface area contributed by atoms with E-state index in [9.17, 15) is 0 Å². The van der Waals surface area contributed by atoms with Crippen molar-refractivity contribution in [3.8, 4) is 5.75 Å². The highest BCUT2D eigenvalue weighted by Crippen LogP contribution is 2.31. The maximum Gasteiger partial charge on any atom is 0.192 e. The number of rotatable bonds is 2. The standard InChI is InChI=1S/C11H11IO2/c1-13-9-5-6-10-8(7-9)3-2-4-11(10)14-12/h4-7H,2-3H2,1H3. The monoisotopic (exact) mass is 302 g/mol. The Hall–Kier alpha value is -0.710. The van der Waals surface area contributed by atoms with Crippen molar-refractivity contribution in [2.24, 2.45) is 0 Å². The number of hydrogen-bond donors (Lipinski definition) is 0. The number of methoxy groups -OCH3 is 1. The summed E-state index contributed by atoms with van der Waals surface area (Å²) in [6.07, 6.45) is 4.23. The minimum absolute atomic E-state index is 0.915. The van der Waals surface area contributed by atoms with E-state index in [1.807, 2.05) is 29.1 Å². The Morgan fingerprint density at radius 1 is 1.36 bits per heavy atom.